The lowest BCUT2D eigenvalue weighted by Gasteiger charge is -2.41. The molecule has 1 rings (SSSR count). The summed E-state index contributed by atoms with van der Waals surface area (Å²) >= 11 is 0. The zero-order valence-electron chi connectivity index (χ0n) is 55.3. The summed E-state index contributed by atoms with van der Waals surface area (Å²) in [5, 5.41) is 57.2. The summed E-state index contributed by atoms with van der Waals surface area (Å²) in [4.78, 5) is 26.7. The van der Waals surface area contributed by atoms with Gasteiger partial charge in [0.15, 0.2) is 12.4 Å². The van der Waals surface area contributed by atoms with E-state index in [1.54, 1.807) is 6.08 Å². The van der Waals surface area contributed by atoms with Crippen molar-refractivity contribution < 1.29 is 49.3 Å². The quantitative estimate of drug-likeness (QED) is 0.0195. The van der Waals surface area contributed by atoms with Gasteiger partial charge in [-0.05, 0) is 116 Å². The molecule has 1 saturated heterocycles. The molecular formula is C76H129NO10. The van der Waals surface area contributed by atoms with Crippen LogP contribution in [0.2, 0.25) is 0 Å². The fourth-order valence-corrected chi connectivity index (χ4v) is 10.3. The highest BCUT2D eigenvalue weighted by Crippen LogP contribution is 2.26. The third-order valence-corrected chi connectivity index (χ3v) is 15.8. The van der Waals surface area contributed by atoms with Crippen LogP contribution in [0.4, 0.5) is 0 Å². The van der Waals surface area contributed by atoms with Crippen molar-refractivity contribution in [2.24, 2.45) is 0 Å². The van der Waals surface area contributed by atoms with E-state index in [0.717, 1.165) is 148 Å². The average Bonchev–Trinajstić information content (AvgIpc) is 1.30. The van der Waals surface area contributed by atoms with E-state index in [-0.39, 0.29) is 19.4 Å². The number of aliphatic hydroxyl groups is 5. The molecule has 0 aromatic heterocycles. The second-order valence-electron chi connectivity index (χ2n) is 23.9. The normalized spacial score (nSPS) is 19.0. The molecule has 0 bridgehead atoms. The molecule has 11 heteroatoms. The summed E-state index contributed by atoms with van der Waals surface area (Å²) in [5.41, 5.74) is 0. The van der Waals surface area contributed by atoms with E-state index in [9.17, 15) is 35.1 Å². The van der Waals surface area contributed by atoms with E-state index < -0.39 is 67.4 Å². The van der Waals surface area contributed by atoms with Gasteiger partial charge >= 0.3 is 5.97 Å². The van der Waals surface area contributed by atoms with Gasteiger partial charge in [0.2, 0.25) is 5.91 Å². The average molecular weight is 1220 g/mol. The fourth-order valence-electron chi connectivity index (χ4n) is 10.3. The number of allylic oxidation sites excluding steroid dienone is 19. The van der Waals surface area contributed by atoms with Crippen LogP contribution in [0, 0.1) is 0 Å². The van der Waals surface area contributed by atoms with Crippen LogP contribution in [0.1, 0.15) is 284 Å². The molecule has 87 heavy (non-hydrogen) atoms. The van der Waals surface area contributed by atoms with Gasteiger partial charge in [-0.2, -0.15) is 0 Å². The standard InChI is InChI=1S/C76H129NO10/c1-4-7-10-13-16-19-22-24-26-28-30-32-33-34-35-36-38-39-41-43-45-48-51-54-57-60-63-69(80)75(84)77-67(68(79)62-59-56-53-50-47-21-18-15-12-9-6-3)66-85-76-74(73(83)72(82)70(65-78)86-76)87-71(81)64-61-58-55-52-49-46-44-42-40-37-31-29-27-25-23-20-17-14-11-8-5-2/h7,10,16-17,19-20,24-27,30-32,34-35,37-39,59,62,67-70,72-74,76,78-80,82-83H,4-6,8-9,11-15,18,21-23,28-29,33,36,40-58,60-61,63-66H2,1-3H3,(H,77,84)/b10-7-,19-16-,20-17-,26-24-,27-25-,32-30-,35-34-,37-31-,39-38-,62-59+. The number of hydrogen-bond acceptors (Lipinski definition) is 10. The topological polar surface area (TPSA) is 175 Å². The molecule has 8 atom stereocenters. The number of hydrogen-bond donors (Lipinski definition) is 6. The van der Waals surface area contributed by atoms with Crippen molar-refractivity contribution >= 4 is 11.9 Å². The second-order valence-corrected chi connectivity index (χ2v) is 23.9. The number of nitrogens with one attached hydrogen (secondary N) is 1. The maximum Gasteiger partial charge on any atom is 0.306 e. The summed E-state index contributed by atoms with van der Waals surface area (Å²) in [6, 6.07) is -1.04. The fraction of sp³-hybridized carbons (Fsp3) is 0.711. The Bertz CT molecular complexity index is 1880. The highest BCUT2D eigenvalue weighted by molar-refractivity contribution is 5.80. The first-order valence-corrected chi connectivity index (χ1v) is 35.3. The molecule has 1 aliphatic heterocycles. The monoisotopic (exact) mass is 1220 g/mol. The minimum atomic E-state index is -1.63. The molecule has 498 valence electrons. The van der Waals surface area contributed by atoms with Crippen molar-refractivity contribution in [1.29, 1.82) is 0 Å². The molecule has 1 aliphatic rings. The van der Waals surface area contributed by atoms with E-state index in [2.05, 4.69) is 135 Å². The first-order chi connectivity index (χ1) is 42.7. The van der Waals surface area contributed by atoms with Crippen molar-refractivity contribution in [3.8, 4) is 0 Å². The first kappa shape index (κ1) is 81.1. The van der Waals surface area contributed by atoms with E-state index in [1.165, 1.54) is 89.9 Å². The number of ether oxygens (including phenoxy) is 3. The van der Waals surface area contributed by atoms with E-state index in [0.29, 0.717) is 12.8 Å². The smallest absolute Gasteiger partial charge is 0.306 e. The number of unbranched alkanes of at least 4 members (excludes halogenated alkanes) is 27. The molecule has 0 spiro atoms. The Hall–Kier alpha value is -3.94. The molecule has 6 N–H and O–H groups in total. The Morgan fingerprint density at radius 2 is 0.828 bits per heavy atom. The van der Waals surface area contributed by atoms with Crippen LogP contribution in [-0.4, -0.2) is 99.6 Å². The lowest BCUT2D eigenvalue weighted by Crippen LogP contribution is -2.61. The van der Waals surface area contributed by atoms with Crippen LogP contribution >= 0.6 is 0 Å². The van der Waals surface area contributed by atoms with Crippen molar-refractivity contribution in [2.45, 2.75) is 333 Å². The van der Waals surface area contributed by atoms with Gasteiger partial charge in [0.05, 0.1) is 25.4 Å². The molecule has 1 amide bonds. The van der Waals surface area contributed by atoms with Crippen LogP contribution in [0.5, 0.6) is 0 Å². The molecular weight excluding hydrogens is 1090 g/mol. The van der Waals surface area contributed by atoms with Crippen molar-refractivity contribution in [3.05, 3.63) is 122 Å². The summed E-state index contributed by atoms with van der Waals surface area (Å²) < 4.78 is 17.7. The second kappa shape index (κ2) is 62.3. The summed E-state index contributed by atoms with van der Waals surface area (Å²) in [6.45, 7) is 5.64. The molecule has 0 radical (unpaired) electrons. The number of esters is 1. The number of carbonyl (C=O) groups excluding carboxylic acids is 2. The Kier molecular flexibility index (Phi) is 58.0. The zero-order valence-corrected chi connectivity index (χ0v) is 55.3. The van der Waals surface area contributed by atoms with Gasteiger partial charge in [-0.1, -0.05) is 284 Å². The van der Waals surface area contributed by atoms with Gasteiger partial charge in [0, 0.05) is 6.42 Å². The maximum absolute atomic E-state index is 13.5. The molecule has 8 unspecified atom stereocenters. The van der Waals surface area contributed by atoms with Gasteiger partial charge in [0.25, 0.3) is 0 Å². The first-order valence-electron chi connectivity index (χ1n) is 35.3. The molecule has 0 saturated carbocycles. The van der Waals surface area contributed by atoms with Gasteiger partial charge in [0.1, 0.15) is 24.4 Å². The zero-order chi connectivity index (χ0) is 63.1. The molecule has 0 aromatic carbocycles. The lowest BCUT2D eigenvalue weighted by molar-refractivity contribution is -0.305. The van der Waals surface area contributed by atoms with Gasteiger partial charge < -0.3 is 45.1 Å². The highest BCUT2D eigenvalue weighted by atomic mass is 16.7. The third kappa shape index (κ3) is 49.5. The highest BCUT2D eigenvalue weighted by Gasteiger charge is 2.47. The van der Waals surface area contributed by atoms with Gasteiger partial charge in [-0.3, -0.25) is 9.59 Å². The molecule has 1 heterocycles. The Balaban J connectivity index is 2.58. The van der Waals surface area contributed by atoms with E-state index in [4.69, 9.17) is 14.2 Å². The maximum atomic E-state index is 13.5. The predicted molar refractivity (Wildman–Crippen MR) is 365 cm³/mol. The Morgan fingerprint density at radius 3 is 1.26 bits per heavy atom. The minimum Gasteiger partial charge on any atom is -0.454 e. The molecule has 1 fully saturated rings. The predicted octanol–water partition coefficient (Wildman–Crippen LogP) is 18.2. The van der Waals surface area contributed by atoms with E-state index >= 15 is 0 Å². The summed E-state index contributed by atoms with van der Waals surface area (Å²) in [5.74, 6) is -1.21. The van der Waals surface area contributed by atoms with Crippen LogP contribution in [-0.2, 0) is 23.8 Å². The van der Waals surface area contributed by atoms with E-state index in [1.807, 2.05) is 6.08 Å². The van der Waals surface area contributed by atoms with Crippen molar-refractivity contribution in [1.82, 2.24) is 5.32 Å². The van der Waals surface area contributed by atoms with Crippen LogP contribution < -0.4 is 5.32 Å². The number of carbonyl (C=O) groups is 2. The molecule has 0 aromatic rings. The number of amides is 1. The van der Waals surface area contributed by atoms with Crippen molar-refractivity contribution in [3.63, 3.8) is 0 Å². The number of rotatable bonds is 59. The Labute approximate surface area is 531 Å². The van der Waals surface area contributed by atoms with Crippen LogP contribution in [0.25, 0.3) is 0 Å². The summed E-state index contributed by atoms with van der Waals surface area (Å²) in [7, 11) is 0. The molecule has 0 aliphatic carbocycles. The third-order valence-electron chi connectivity index (χ3n) is 15.8. The van der Waals surface area contributed by atoms with Gasteiger partial charge in [-0.15, -0.1) is 0 Å². The SMILES string of the molecule is CC/C=C\C/C=C\C/C=C\C/C=C\C/C=C\C/C=C\CCCCCCCCCC(O)C(=O)NC(COC1OC(CO)C(O)C(O)C1OC(=O)CCCCCCCCCC/C=C\C/C=C\C/C=C\CCCCC)C(O)/C=C/CCCCCCCCCCC. The van der Waals surface area contributed by atoms with Crippen molar-refractivity contribution in [2.75, 3.05) is 13.2 Å². The van der Waals surface area contributed by atoms with Gasteiger partial charge in [-0.25, -0.2) is 0 Å². The van der Waals surface area contributed by atoms with Crippen LogP contribution in [0.3, 0.4) is 0 Å². The largest absolute Gasteiger partial charge is 0.454 e. The number of aliphatic hydroxyl groups excluding tert-OH is 5. The Morgan fingerprint density at radius 1 is 0.460 bits per heavy atom. The lowest BCUT2D eigenvalue weighted by atomic mass is 9.99. The summed E-state index contributed by atoms with van der Waals surface area (Å²) in [6.07, 6.45) is 76.6. The molecule has 11 nitrogen and oxygen atoms in total. The minimum absolute atomic E-state index is 0.109. The van der Waals surface area contributed by atoms with Crippen LogP contribution in [0.15, 0.2) is 122 Å².